The molecule has 1 atom stereocenters. The second-order valence-corrected chi connectivity index (χ2v) is 5.60. The summed E-state index contributed by atoms with van der Waals surface area (Å²) in [6, 6.07) is 1.84. The molecular formula is C14H18N6O2. The molecule has 0 radical (unpaired) electrons. The third-order valence-electron chi connectivity index (χ3n) is 4.00. The second-order valence-electron chi connectivity index (χ2n) is 5.60. The Bertz CT molecular complexity index is 749. The number of nitrogens with two attached hydrogens (primary N) is 2. The molecule has 1 unspecified atom stereocenters. The molecule has 2 aromatic rings. The number of nitrogen functional groups attached to an aromatic ring is 1. The minimum Gasteiger partial charge on any atom is -0.380 e. The van der Waals surface area contributed by atoms with E-state index in [0.717, 1.165) is 0 Å². The molecule has 116 valence electrons. The first-order valence-electron chi connectivity index (χ1n) is 7.10. The molecule has 0 aliphatic heterocycles. The molecule has 8 heteroatoms. The topological polar surface area (TPSA) is 128 Å². The van der Waals surface area contributed by atoms with Crippen LogP contribution in [0.2, 0.25) is 0 Å². The van der Waals surface area contributed by atoms with Gasteiger partial charge in [-0.15, -0.1) is 0 Å². The largest absolute Gasteiger partial charge is 0.380 e. The van der Waals surface area contributed by atoms with Gasteiger partial charge in [-0.05, 0) is 31.7 Å². The zero-order chi connectivity index (χ0) is 15.9. The van der Waals surface area contributed by atoms with E-state index in [4.69, 9.17) is 11.6 Å². The summed E-state index contributed by atoms with van der Waals surface area (Å²) in [6.07, 6.45) is 5.29. The van der Waals surface area contributed by atoms with Crippen LogP contribution in [0.15, 0.2) is 18.5 Å². The Labute approximate surface area is 126 Å². The summed E-state index contributed by atoms with van der Waals surface area (Å²) in [4.78, 5) is 23.3. The Balaban J connectivity index is 2.10. The molecule has 1 aliphatic rings. The van der Waals surface area contributed by atoms with Crippen molar-refractivity contribution in [1.82, 2.24) is 15.0 Å². The van der Waals surface area contributed by atoms with Gasteiger partial charge in [-0.2, -0.15) is 5.10 Å². The second kappa shape index (κ2) is 5.30. The van der Waals surface area contributed by atoms with Crippen molar-refractivity contribution in [2.24, 2.45) is 17.5 Å². The summed E-state index contributed by atoms with van der Waals surface area (Å²) in [5.41, 5.74) is 9.39. The van der Waals surface area contributed by atoms with Gasteiger partial charge in [-0.25, -0.2) is 10.4 Å². The maximum atomic E-state index is 11.7. The van der Waals surface area contributed by atoms with Gasteiger partial charge in [-0.3, -0.25) is 15.0 Å². The molecule has 2 heterocycles. The van der Waals surface area contributed by atoms with Gasteiger partial charge in [0.25, 0.3) is 11.8 Å². The summed E-state index contributed by atoms with van der Waals surface area (Å²) in [6.45, 7) is 2.07. The van der Waals surface area contributed by atoms with Crippen LogP contribution in [0.5, 0.6) is 0 Å². The highest BCUT2D eigenvalue weighted by molar-refractivity contribution is 6.03. The first-order valence-corrected chi connectivity index (χ1v) is 7.10. The number of hydrazine groups is 1. The SMILES string of the molecule is CC(Nc1c(C(N)=O)cnn2cc(C(=O)NN)cc12)C1CC1. The number of rotatable bonds is 5. The Morgan fingerprint density at radius 1 is 1.45 bits per heavy atom. The minimum absolute atomic E-state index is 0.214. The normalized spacial score (nSPS) is 15.5. The monoisotopic (exact) mass is 302 g/mol. The Morgan fingerprint density at radius 2 is 2.18 bits per heavy atom. The Morgan fingerprint density at radius 3 is 2.77 bits per heavy atom. The lowest BCUT2D eigenvalue weighted by molar-refractivity contribution is 0.0952. The number of nitrogens with zero attached hydrogens (tertiary/aromatic N) is 2. The van der Waals surface area contributed by atoms with Crippen LogP contribution in [0.3, 0.4) is 0 Å². The number of nitrogens with one attached hydrogen (secondary N) is 2. The van der Waals surface area contributed by atoms with E-state index in [-0.39, 0.29) is 6.04 Å². The van der Waals surface area contributed by atoms with Crippen LogP contribution in [-0.4, -0.2) is 27.5 Å². The molecule has 3 rings (SSSR count). The zero-order valence-electron chi connectivity index (χ0n) is 12.2. The third kappa shape index (κ3) is 2.48. The van der Waals surface area contributed by atoms with E-state index in [1.807, 2.05) is 0 Å². The van der Waals surface area contributed by atoms with E-state index in [0.29, 0.717) is 28.2 Å². The summed E-state index contributed by atoms with van der Waals surface area (Å²) in [7, 11) is 0. The highest BCUT2D eigenvalue weighted by atomic mass is 16.2. The van der Waals surface area contributed by atoms with E-state index in [1.54, 1.807) is 12.3 Å². The van der Waals surface area contributed by atoms with Crippen molar-refractivity contribution in [3.63, 3.8) is 0 Å². The van der Waals surface area contributed by atoms with E-state index < -0.39 is 11.8 Å². The molecule has 1 aliphatic carbocycles. The maximum absolute atomic E-state index is 11.7. The number of aromatic nitrogens is 2. The van der Waals surface area contributed by atoms with Crippen LogP contribution in [0.1, 0.15) is 40.5 Å². The molecule has 6 N–H and O–H groups in total. The van der Waals surface area contributed by atoms with Crippen molar-refractivity contribution in [3.05, 3.63) is 29.6 Å². The van der Waals surface area contributed by atoms with Crippen molar-refractivity contribution in [1.29, 1.82) is 0 Å². The fourth-order valence-electron chi connectivity index (χ4n) is 2.54. The van der Waals surface area contributed by atoms with Gasteiger partial charge in [0.15, 0.2) is 0 Å². The molecule has 1 saturated carbocycles. The Kier molecular flexibility index (Phi) is 3.45. The molecule has 0 saturated heterocycles. The molecule has 2 amide bonds. The average molecular weight is 302 g/mol. The molecule has 1 fully saturated rings. The number of carbonyl (C=O) groups is 2. The minimum atomic E-state index is -0.563. The number of amides is 2. The molecule has 0 aromatic carbocycles. The lowest BCUT2D eigenvalue weighted by Crippen LogP contribution is -2.29. The van der Waals surface area contributed by atoms with Crippen molar-refractivity contribution >= 4 is 23.0 Å². The van der Waals surface area contributed by atoms with E-state index in [9.17, 15) is 9.59 Å². The number of primary amides is 1. The van der Waals surface area contributed by atoms with Crippen LogP contribution in [0, 0.1) is 5.92 Å². The third-order valence-corrected chi connectivity index (χ3v) is 4.00. The van der Waals surface area contributed by atoms with Gasteiger partial charge in [0.2, 0.25) is 0 Å². The predicted octanol–water partition coefficient (Wildman–Crippen LogP) is 0.247. The molecular weight excluding hydrogens is 284 g/mol. The first kappa shape index (κ1) is 14.3. The first-order chi connectivity index (χ1) is 10.5. The summed E-state index contributed by atoms with van der Waals surface area (Å²) in [5, 5.41) is 7.47. The smallest absolute Gasteiger partial charge is 0.266 e. The fourth-order valence-corrected chi connectivity index (χ4v) is 2.54. The van der Waals surface area contributed by atoms with Crippen molar-refractivity contribution in [2.45, 2.75) is 25.8 Å². The number of fused-ring (bicyclic) bond motifs is 1. The van der Waals surface area contributed by atoms with E-state index in [1.165, 1.54) is 23.6 Å². The molecule has 8 nitrogen and oxygen atoms in total. The van der Waals surface area contributed by atoms with Crippen LogP contribution >= 0.6 is 0 Å². The molecule has 0 spiro atoms. The molecule has 2 aromatic heterocycles. The van der Waals surface area contributed by atoms with E-state index >= 15 is 0 Å². The predicted molar refractivity (Wildman–Crippen MR) is 81.2 cm³/mol. The van der Waals surface area contributed by atoms with Gasteiger partial charge < -0.3 is 11.1 Å². The van der Waals surface area contributed by atoms with Gasteiger partial charge in [-0.1, -0.05) is 0 Å². The molecule has 0 bridgehead atoms. The maximum Gasteiger partial charge on any atom is 0.266 e. The quantitative estimate of drug-likeness (QED) is 0.357. The summed E-state index contributed by atoms with van der Waals surface area (Å²) >= 11 is 0. The van der Waals surface area contributed by atoms with Crippen molar-refractivity contribution in [3.8, 4) is 0 Å². The van der Waals surface area contributed by atoms with Crippen LogP contribution in [0.25, 0.3) is 5.52 Å². The van der Waals surface area contributed by atoms with Crippen LogP contribution in [-0.2, 0) is 0 Å². The number of hydrogen-bond acceptors (Lipinski definition) is 5. The average Bonchev–Trinajstić information content (AvgIpc) is 3.25. The summed E-state index contributed by atoms with van der Waals surface area (Å²) in [5.74, 6) is 4.76. The lowest BCUT2D eigenvalue weighted by Gasteiger charge is -2.17. The zero-order valence-corrected chi connectivity index (χ0v) is 12.2. The standard InChI is InChI=1S/C14H18N6O2/c1-7(8-2-3-8)18-12-10(13(15)21)5-17-20-6-9(4-11(12)20)14(22)19-16/h4-8,18H,2-3,16H2,1H3,(H2,15,21)(H,19,22). The highest BCUT2D eigenvalue weighted by Gasteiger charge is 2.29. The van der Waals surface area contributed by atoms with Crippen molar-refractivity contribution in [2.75, 3.05) is 5.32 Å². The number of hydrogen-bond donors (Lipinski definition) is 4. The van der Waals surface area contributed by atoms with Gasteiger partial charge in [0.1, 0.15) is 0 Å². The van der Waals surface area contributed by atoms with Gasteiger partial charge >= 0.3 is 0 Å². The molecule has 22 heavy (non-hydrogen) atoms. The van der Waals surface area contributed by atoms with Crippen LogP contribution in [0.4, 0.5) is 5.69 Å². The Hall–Kier alpha value is -2.61. The van der Waals surface area contributed by atoms with Gasteiger partial charge in [0, 0.05) is 12.2 Å². The highest BCUT2D eigenvalue weighted by Crippen LogP contribution is 2.35. The van der Waals surface area contributed by atoms with E-state index in [2.05, 4.69) is 22.8 Å². The van der Waals surface area contributed by atoms with Crippen molar-refractivity contribution < 1.29 is 9.59 Å². The van der Waals surface area contributed by atoms with Crippen LogP contribution < -0.4 is 22.3 Å². The fraction of sp³-hybridized carbons (Fsp3) is 0.357. The summed E-state index contributed by atoms with van der Waals surface area (Å²) < 4.78 is 1.53. The number of carbonyl (C=O) groups excluding carboxylic acids is 2. The number of anilines is 1. The lowest BCUT2D eigenvalue weighted by atomic mass is 10.1. The van der Waals surface area contributed by atoms with Gasteiger partial charge in [0.05, 0.1) is 28.5 Å².